The molecule has 2 rings (SSSR count). The molecule has 1 aromatic carbocycles. The number of alkyl halides is 1. The Morgan fingerprint density at radius 2 is 1.73 bits per heavy atom. The standard InChI is InChI=1S/C12H9Cl2N/c13-10-6-4-9(5-7-10)12(14)11-3-1-2-8-15-11/h1-8,12H/t12-/m0/s1. The van der Waals surface area contributed by atoms with Gasteiger partial charge in [0.15, 0.2) is 0 Å². The van der Waals surface area contributed by atoms with Crippen LogP contribution in [0.2, 0.25) is 5.02 Å². The number of halogens is 2. The SMILES string of the molecule is Clc1ccc([C@H](Cl)c2ccccn2)cc1. The number of pyridine rings is 1. The Morgan fingerprint density at radius 3 is 2.33 bits per heavy atom. The van der Waals surface area contributed by atoms with Crippen molar-refractivity contribution in [3.63, 3.8) is 0 Å². The van der Waals surface area contributed by atoms with Crippen LogP contribution < -0.4 is 0 Å². The van der Waals surface area contributed by atoms with Crippen LogP contribution in [0, 0.1) is 0 Å². The predicted octanol–water partition coefficient (Wildman–Crippen LogP) is 4.06. The number of hydrogen-bond donors (Lipinski definition) is 0. The molecular formula is C12H9Cl2N. The van der Waals surface area contributed by atoms with Crippen LogP contribution in [0.4, 0.5) is 0 Å². The third-order valence-corrected chi connectivity index (χ3v) is 2.84. The van der Waals surface area contributed by atoms with Gasteiger partial charge in [0.25, 0.3) is 0 Å². The lowest BCUT2D eigenvalue weighted by Gasteiger charge is -2.08. The Kier molecular flexibility index (Phi) is 3.24. The van der Waals surface area contributed by atoms with Crippen LogP contribution in [0.5, 0.6) is 0 Å². The van der Waals surface area contributed by atoms with Crippen molar-refractivity contribution < 1.29 is 0 Å². The van der Waals surface area contributed by atoms with E-state index in [2.05, 4.69) is 4.98 Å². The molecule has 1 atom stereocenters. The molecule has 0 aliphatic heterocycles. The van der Waals surface area contributed by atoms with E-state index >= 15 is 0 Å². The van der Waals surface area contributed by atoms with E-state index in [0.29, 0.717) is 5.02 Å². The van der Waals surface area contributed by atoms with E-state index in [-0.39, 0.29) is 5.38 Å². The summed E-state index contributed by atoms with van der Waals surface area (Å²) in [6.07, 6.45) is 1.74. The first kappa shape index (κ1) is 10.5. The second-order valence-electron chi connectivity index (χ2n) is 3.17. The van der Waals surface area contributed by atoms with Crippen molar-refractivity contribution in [1.82, 2.24) is 4.98 Å². The topological polar surface area (TPSA) is 12.9 Å². The summed E-state index contributed by atoms with van der Waals surface area (Å²) in [6.45, 7) is 0. The lowest BCUT2D eigenvalue weighted by Crippen LogP contribution is -1.95. The van der Waals surface area contributed by atoms with Gasteiger partial charge in [0.05, 0.1) is 5.69 Å². The molecule has 0 aliphatic rings. The molecule has 0 N–H and O–H groups in total. The molecule has 0 spiro atoms. The second kappa shape index (κ2) is 4.65. The van der Waals surface area contributed by atoms with Crippen molar-refractivity contribution in [1.29, 1.82) is 0 Å². The Labute approximate surface area is 98.7 Å². The summed E-state index contributed by atoms with van der Waals surface area (Å²) >= 11 is 12.1. The highest BCUT2D eigenvalue weighted by molar-refractivity contribution is 6.30. The first-order valence-corrected chi connectivity index (χ1v) is 5.39. The Morgan fingerprint density at radius 1 is 1.00 bits per heavy atom. The number of aromatic nitrogens is 1. The fourth-order valence-corrected chi connectivity index (χ4v) is 1.73. The number of rotatable bonds is 2. The Hall–Kier alpha value is -1.05. The molecule has 0 radical (unpaired) electrons. The third-order valence-electron chi connectivity index (χ3n) is 2.11. The molecule has 0 saturated heterocycles. The summed E-state index contributed by atoms with van der Waals surface area (Å²) in [4.78, 5) is 4.21. The zero-order chi connectivity index (χ0) is 10.7. The van der Waals surface area contributed by atoms with Crippen LogP contribution in [0.3, 0.4) is 0 Å². The van der Waals surface area contributed by atoms with Crippen LogP contribution in [-0.4, -0.2) is 4.98 Å². The van der Waals surface area contributed by atoms with Gasteiger partial charge in [-0.2, -0.15) is 0 Å². The summed E-state index contributed by atoms with van der Waals surface area (Å²) in [5.41, 5.74) is 1.85. The number of nitrogens with zero attached hydrogens (tertiary/aromatic N) is 1. The maximum atomic E-state index is 6.28. The lowest BCUT2D eigenvalue weighted by atomic mass is 10.1. The summed E-state index contributed by atoms with van der Waals surface area (Å²) in [7, 11) is 0. The monoisotopic (exact) mass is 237 g/mol. The molecule has 2 aromatic rings. The molecular weight excluding hydrogens is 229 g/mol. The van der Waals surface area contributed by atoms with Crippen molar-refractivity contribution in [2.75, 3.05) is 0 Å². The minimum Gasteiger partial charge on any atom is -0.259 e. The van der Waals surface area contributed by atoms with Crippen LogP contribution in [0.25, 0.3) is 0 Å². The molecule has 1 heterocycles. The first-order valence-electron chi connectivity index (χ1n) is 4.58. The molecule has 3 heteroatoms. The number of hydrogen-bond acceptors (Lipinski definition) is 1. The van der Waals surface area contributed by atoms with E-state index < -0.39 is 0 Å². The summed E-state index contributed by atoms with van der Waals surface area (Å²) in [6, 6.07) is 13.2. The van der Waals surface area contributed by atoms with Crippen molar-refractivity contribution in [2.45, 2.75) is 5.38 Å². The van der Waals surface area contributed by atoms with Crippen LogP contribution in [0.1, 0.15) is 16.6 Å². The minimum absolute atomic E-state index is 0.219. The van der Waals surface area contributed by atoms with Crippen molar-refractivity contribution >= 4 is 23.2 Å². The van der Waals surface area contributed by atoms with Crippen molar-refractivity contribution in [3.8, 4) is 0 Å². The van der Waals surface area contributed by atoms with E-state index in [1.165, 1.54) is 0 Å². The molecule has 0 bridgehead atoms. The average molecular weight is 238 g/mol. The highest BCUT2D eigenvalue weighted by Crippen LogP contribution is 2.27. The Balaban J connectivity index is 2.29. The normalized spacial score (nSPS) is 12.4. The van der Waals surface area contributed by atoms with Gasteiger partial charge in [0, 0.05) is 11.2 Å². The molecule has 0 saturated carbocycles. The van der Waals surface area contributed by atoms with Gasteiger partial charge in [-0.15, -0.1) is 11.6 Å². The lowest BCUT2D eigenvalue weighted by molar-refractivity contribution is 1.04. The highest BCUT2D eigenvalue weighted by atomic mass is 35.5. The highest BCUT2D eigenvalue weighted by Gasteiger charge is 2.10. The fourth-order valence-electron chi connectivity index (χ4n) is 1.33. The molecule has 0 amide bonds. The first-order chi connectivity index (χ1) is 7.27. The molecule has 15 heavy (non-hydrogen) atoms. The third kappa shape index (κ3) is 2.49. The molecule has 0 fully saturated rings. The van der Waals surface area contributed by atoms with E-state index in [0.717, 1.165) is 11.3 Å². The van der Waals surface area contributed by atoms with Gasteiger partial charge >= 0.3 is 0 Å². The van der Waals surface area contributed by atoms with Gasteiger partial charge < -0.3 is 0 Å². The predicted molar refractivity (Wildman–Crippen MR) is 63.4 cm³/mol. The summed E-state index contributed by atoms with van der Waals surface area (Å²) in [5.74, 6) is 0. The molecule has 1 nitrogen and oxygen atoms in total. The zero-order valence-corrected chi connectivity index (χ0v) is 9.41. The van der Waals surface area contributed by atoms with E-state index in [1.807, 2.05) is 42.5 Å². The maximum absolute atomic E-state index is 6.28. The largest absolute Gasteiger partial charge is 0.259 e. The second-order valence-corrected chi connectivity index (χ2v) is 4.04. The van der Waals surface area contributed by atoms with E-state index in [9.17, 15) is 0 Å². The van der Waals surface area contributed by atoms with Crippen molar-refractivity contribution in [2.24, 2.45) is 0 Å². The van der Waals surface area contributed by atoms with Crippen LogP contribution in [0.15, 0.2) is 48.7 Å². The smallest absolute Gasteiger partial charge is 0.101 e. The van der Waals surface area contributed by atoms with E-state index in [1.54, 1.807) is 6.20 Å². The van der Waals surface area contributed by atoms with Crippen molar-refractivity contribution in [3.05, 3.63) is 64.9 Å². The van der Waals surface area contributed by atoms with Crippen LogP contribution in [-0.2, 0) is 0 Å². The average Bonchev–Trinajstić information content (AvgIpc) is 2.30. The van der Waals surface area contributed by atoms with Gasteiger partial charge in [-0.3, -0.25) is 4.98 Å². The molecule has 76 valence electrons. The zero-order valence-electron chi connectivity index (χ0n) is 7.90. The summed E-state index contributed by atoms with van der Waals surface area (Å²) in [5, 5.41) is 0.493. The molecule has 0 aliphatic carbocycles. The van der Waals surface area contributed by atoms with Gasteiger partial charge in [0.1, 0.15) is 5.38 Å². The fraction of sp³-hybridized carbons (Fsp3) is 0.0833. The van der Waals surface area contributed by atoms with E-state index in [4.69, 9.17) is 23.2 Å². The quantitative estimate of drug-likeness (QED) is 0.719. The maximum Gasteiger partial charge on any atom is 0.101 e. The van der Waals surface area contributed by atoms with Crippen LogP contribution >= 0.6 is 23.2 Å². The Bertz CT molecular complexity index is 425. The number of benzene rings is 1. The van der Waals surface area contributed by atoms with Gasteiger partial charge in [-0.05, 0) is 29.8 Å². The van der Waals surface area contributed by atoms with Gasteiger partial charge in [0.2, 0.25) is 0 Å². The minimum atomic E-state index is -0.219. The van der Waals surface area contributed by atoms with Gasteiger partial charge in [-0.1, -0.05) is 29.8 Å². The van der Waals surface area contributed by atoms with Gasteiger partial charge in [-0.25, -0.2) is 0 Å². The summed E-state index contributed by atoms with van der Waals surface area (Å²) < 4.78 is 0. The molecule has 0 unspecified atom stereocenters. The molecule has 1 aromatic heterocycles.